The molecule has 3 N–H and O–H groups in total. The first-order valence-electron chi connectivity index (χ1n) is 3.76. The number of hydrogen-bond acceptors (Lipinski definition) is 2. The summed E-state index contributed by atoms with van der Waals surface area (Å²) < 4.78 is 1.69. The van der Waals surface area contributed by atoms with Crippen LogP contribution in [0.3, 0.4) is 0 Å². The summed E-state index contributed by atoms with van der Waals surface area (Å²) in [6.07, 6.45) is 1.64. The summed E-state index contributed by atoms with van der Waals surface area (Å²) in [5.74, 6) is 0. The first-order valence-corrected chi connectivity index (χ1v) is 4.17. The van der Waals surface area contributed by atoms with Gasteiger partial charge in [0.2, 0.25) is 0 Å². The van der Waals surface area contributed by atoms with E-state index in [9.17, 15) is 0 Å². The molecule has 0 radical (unpaired) electrons. The molecule has 1 heterocycles. The number of imidazole rings is 1. The first-order chi connectivity index (χ1) is 6.27. The van der Waals surface area contributed by atoms with Gasteiger partial charge in [0.25, 0.3) is 0 Å². The molecule has 2 aromatic rings. The number of para-hydroxylation sites is 2. The van der Waals surface area contributed by atoms with E-state index in [-0.39, 0.29) is 5.11 Å². The number of nitrogens with zero attached hydrogens (tertiary/aromatic N) is 2. The SMILES string of the molecule is NC(=S)Nn1cnc2ccccc21. The highest BCUT2D eigenvalue weighted by molar-refractivity contribution is 7.80. The fraction of sp³-hybridized carbons (Fsp3) is 0. The van der Waals surface area contributed by atoms with Crippen molar-refractivity contribution in [1.82, 2.24) is 9.66 Å². The van der Waals surface area contributed by atoms with Crippen molar-refractivity contribution in [3.63, 3.8) is 0 Å². The molecular weight excluding hydrogens is 184 g/mol. The van der Waals surface area contributed by atoms with Crippen LogP contribution in [0.25, 0.3) is 11.0 Å². The number of fused-ring (bicyclic) bond motifs is 1. The Morgan fingerprint density at radius 1 is 1.46 bits per heavy atom. The third-order valence-corrected chi connectivity index (χ3v) is 1.78. The third-order valence-electron chi connectivity index (χ3n) is 1.68. The van der Waals surface area contributed by atoms with Crippen LogP contribution in [0, 0.1) is 0 Å². The molecule has 0 atom stereocenters. The molecular formula is C8H8N4S. The van der Waals surface area contributed by atoms with E-state index in [0.717, 1.165) is 11.0 Å². The number of benzene rings is 1. The van der Waals surface area contributed by atoms with Gasteiger partial charge in [0.1, 0.15) is 6.33 Å². The van der Waals surface area contributed by atoms with E-state index in [1.807, 2.05) is 24.3 Å². The van der Waals surface area contributed by atoms with Gasteiger partial charge in [-0.05, 0) is 24.4 Å². The van der Waals surface area contributed by atoms with E-state index < -0.39 is 0 Å². The van der Waals surface area contributed by atoms with Crippen LogP contribution in [0.2, 0.25) is 0 Å². The van der Waals surface area contributed by atoms with E-state index in [1.165, 1.54) is 0 Å². The number of thiocarbonyl (C=S) groups is 1. The van der Waals surface area contributed by atoms with Crippen molar-refractivity contribution in [3.8, 4) is 0 Å². The summed E-state index contributed by atoms with van der Waals surface area (Å²) in [5, 5.41) is 0.225. The van der Waals surface area contributed by atoms with E-state index in [2.05, 4.69) is 10.4 Å². The molecule has 0 aliphatic heterocycles. The molecule has 0 unspecified atom stereocenters. The van der Waals surface area contributed by atoms with Gasteiger partial charge < -0.3 is 5.73 Å². The molecule has 4 nitrogen and oxygen atoms in total. The third kappa shape index (κ3) is 1.46. The number of hydrogen-bond donors (Lipinski definition) is 2. The second kappa shape index (κ2) is 3.02. The Morgan fingerprint density at radius 2 is 2.23 bits per heavy atom. The van der Waals surface area contributed by atoms with Crippen LogP contribution in [0.4, 0.5) is 0 Å². The lowest BCUT2D eigenvalue weighted by Gasteiger charge is -2.04. The first kappa shape index (κ1) is 8.00. The lowest BCUT2D eigenvalue weighted by atomic mass is 10.3. The molecule has 0 saturated heterocycles. The number of nitrogens with two attached hydrogens (primary N) is 1. The van der Waals surface area contributed by atoms with Crippen LogP contribution in [-0.2, 0) is 0 Å². The van der Waals surface area contributed by atoms with Crippen molar-refractivity contribution in [1.29, 1.82) is 0 Å². The fourth-order valence-corrected chi connectivity index (χ4v) is 1.27. The Hall–Kier alpha value is -1.62. The number of aromatic nitrogens is 2. The molecule has 2 rings (SSSR count). The summed E-state index contributed by atoms with van der Waals surface area (Å²) in [4.78, 5) is 4.16. The summed E-state index contributed by atoms with van der Waals surface area (Å²) in [6.45, 7) is 0. The largest absolute Gasteiger partial charge is 0.375 e. The molecule has 0 fully saturated rings. The Labute approximate surface area is 80.3 Å². The topological polar surface area (TPSA) is 55.9 Å². The summed E-state index contributed by atoms with van der Waals surface area (Å²) in [7, 11) is 0. The highest BCUT2D eigenvalue weighted by atomic mass is 32.1. The van der Waals surface area contributed by atoms with Crippen molar-refractivity contribution >= 4 is 28.4 Å². The number of nitrogens with one attached hydrogen (secondary N) is 1. The van der Waals surface area contributed by atoms with Gasteiger partial charge in [-0.25, -0.2) is 9.66 Å². The molecule has 0 saturated carbocycles. The minimum absolute atomic E-state index is 0.225. The second-order valence-corrected chi connectivity index (χ2v) is 3.02. The van der Waals surface area contributed by atoms with Crippen LogP contribution in [-0.4, -0.2) is 14.8 Å². The molecule has 0 amide bonds. The van der Waals surface area contributed by atoms with Crippen molar-refractivity contribution in [2.45, 2.75) is 0 Å². The van der Waals surface area contributed by atoms with Crippen LogP contribution < -0.4 is 11.2 Å². The van der Waals surface area contributed by atoms with Crippen molar-refractivity contribution in [3.05, 3.63) is 30.6 Å². The van der Waals surface area contributed by atoms with E-state index in [0.29, 0.717) is 0 Å². The van der Waals surface area contributed by atoms with Gasteiger partial charge >= 0.3 is 0 Å². The Bertz CT molecular complexity index is 448. The molecule has 0 aliphatic carbocycles. The average molecular weight is 192 g/mol. The van der Waals surface area contributed by atoms with E-state index in [1.54, 1.807) is 11.0 Å². The molecule has 0 spiro atoms. The Morgan fingerprint density at radius 3 is 3.00 bits per heavy atom. The van der Waals surface area contributed by atoms with Crippen molar-refractivity contribution in [2.75, 3.05) is 5.43 Å². The van der Waals surface area contributed by atoms with Gasteiger partial charge in [-0.2, -0.15) is 0 Å². The fourth-order valence-electron chi connectivity index (χ4n) is 1.17. The average Bonchev–Trinajstić information content (AvgIpc) is 2.48. The van der Waals surface area contributed by atoms with Gasteiger partial charge in [0.15, 0.2) is 5.11 Å². The summed E-state index contributed by atoms with van der Waals surface area (Å²) >= 11 is 4.72. The van der Waals surface area contributed by atoms with Gasteiger partial charge in [-0.3, -0.25) is 5.43 Å². The van der Waals surface area contributed by atoms with Gasteiger partial charge in [-0.1, -0.05) is 12.1 Å². The highest BCUT2D eigenvalue weighted by Gasteiger charge is 1.99. The summed E-state index contributed by atoms with van der Waals surface area (Å²) in [6, 6.07) is 7.73. The maximum atomic E-state index is 5.35. The van der Waals surface area contributed by atoms with Crippen molar-refractivity contribution in [2.24, 2.45) is 5.73 Å². The standard InChI is InChI=1S/C8H8N4S/c9-8(13)11-12-5-10-6-3-1-2-4-7(6)12/h1-5H,(H3,9,11,13). The monoisotopic (exact) mass is 192 g/mol. The van der Waals surface area contributed by atoms with Gasteiger partial charge in [0.05, 0.1) is 11.0 Å². The molecule has 5 heteroatoms. The van der Waals surface area contributed by atoms with E-state index >= 15 is 0 Å². The van der Waals surface area contributed by atoms with Gasteiger partial charge in [-0.15, -0.1) is 0 Å². The second-order valence-electron chi connectivity index (χ2n) is 2.58. The maximum absolute atomic E-state index is 5.35. The molecule has 1 aromatic carbocycles. The zero-order chi connectivity index (χ0) is 9.26. The smallest absolute Gasteiger partial charge is 0.183 e. The predicted molar refractivity (Wildman–Crippen MR) is 55.9 cm³/mol. The van der Waals surface area contributed by atoms with Crippen LogP contribution in [0.1, 0.15) is 0 Å². The quantitative estimate of drug-likeness (QED) is 0.657. The highest BCUT2D eigenvalue weighted by Crippen LogP contribution is 2.09. The number of rotatable bonds is 1. The molecule has 0 aliphatic rings. The van der Waals surface area contributed by atoms with Crippen LogP contribution in [0.5, 0.6) is 0 Å². The van der Waals surface area contributed by atoms with Crippen LogP contribution >= 0.6 is 12.2 Å². The molecule has 66 valence electrons. The van der Waals surface area contributed by atoms with E-state index in [4.69, 9.17) is 18.0 Å². The minimum Gasteiger partial charge on any atom is -0.375 e. The van der Waals surface area contributed by atoms with Gasteiger partial charge in [0, 0.05) is 0 Å². The Balaban J connectivity index is 2.51. The molecule has 1 aromatic heterocycles. The zero-order valence-corrected chi connectivity index (χ0v) is 7.58. The Kier molecular flexibility index (Phi) is 1.86. The molecule has 13 heavy (non-hydrogen) atoms. The zero-order valence-electron chi connectivity index (χ0n) is 6.77. The predicted octanol–water partition coefficient (Wildman–Crippen LogP) is 0.823. The van der Waals surface area contributed by atoms with Crippen molar-refractivity contribution < 1.29 is 0 Å². The normalized spacial score (nSPS) is 10.2. The molecule has 0 bridgehead atoms. The lowest BCUT2D eigenvalue weighted by molar-refractivity contribution is 1.01. The summed E-state index contributed by atoms with van der Waals surface area (Å²) in [5.41, 5.74) is 10.0. The minimum atomic E-state index is 0.225. The maximum Gasteiger partial charge on any atom is 0.183 e. The lowest BCUT2D eigenvalue weighted by Crippen LogP contribution is -2.27. The van der Waals surface area contributed by atoms with Crippen LogP contribution in [0.15, 0.2) is 30.6 Å².